The molecule has 0 saturated heterocycles. The summed E-state index contributed by atoms with van der Waals surface area (Å²) < 4.78 is 46.8. The normalized spacial score (nSPS) is 23.4. The molecule has 2 saturated carbocycles. The Hall–Kier alpha value is -1.56. The van der Waals surface area contributed by atoms with E-state index >= 15 is 0 Å². The van der Waals surface area contributed by atoms with Crippen LogP contribution in [0.5, 0.6) is 17.2 Å². The minimum Gasteiger partial charge on any atom is -0.454 e. The van der Waals surface area contributed by atoms with Gasteiger partial charge in [-0.2, -0.15) is 8.78 Å². The number of benzene rings is 1. The van der Waals surface area contributed by atoms with Crippen LogP contribution in [0.1, 0.15) is 38.2 Å². The average molecular weight is 539 g/mol. The van der Waals surface area contributed by atoms with Crippen LogP contribution in [0.2, 0.25) is 0 Å². The van der Waals surface area contributed by atoms with E-state index in [4.69, 9.17) is 14.2 Å². The summed E-state index contributed by atoms with van der Waals surface area (Å²) >= 11 is 0. The molecule has 1 aromatic carbocycles. The van der Waals surface area contributed by atoms with Gasteiger partial charge in [0.05, 0.1) is 6.10 Å². The highest BCUT2D eigenvalue weighted by Crippen LogP contribution is 2.57. The van der Waals surface area contributed by atoms with Gasteiger partial charge in [-0.3, -0.25) is 4.99 Å². The molecule has 1 heterocycles. The van der Waals surface area contributed by atoms with Crippen molar-refractivity contribution in [2.24, 2.45) is 10.4 Å². The van der Waals surface area contributed by atoms with E-state index in [1.54, 1.807) is 13.1 Å². The zero-order chi connectivity index (χ0) is 20.4. The van der Waals surface area contributed by atoms with Gasteiger partial charge in [0.1, 0.15) is 5.75 Å². The van der Waals surface area contributed by atoms with Gasteiger partial charge in [-0.25, -0.2) is 0 Å². The van der Waals surface area contributed by atoms with Crippen molar-refractivity contribution < 1.29 is 27.7 Å². The van der Waals surface area contributed by atoms with E-state index in [-0.39, 0.29) is 48.5 Å². The highest BCUT2D eigenvalue weighted by Gasteiger charge is 2.59. The third-order valence-electron chi connectivity index (χ3n) is 6.19. The fraction of sp³-hybridized carbons (Fsp3) is 0.650. The summed E-state index contributed by atoms with van der Waals surface area (Å²) in [5.74, 6) is 1.59. The number of fused-ring (bicyclic) bond motifs is 1. The highest BCUT2D eigenvalue weighted by molar-refractivity contribution is 14.0. The molecule has 0 amide bonds. The zero-order valence-electron chi connectivity index (χ0n) is 17.1. The van der Waals surface area contributed by atoms with Crippen LogP contribution < -0.4 is 24.8 Å². The van der Waals surface area contributed by atoms with Gasteiger partial charge < -0.3 is 29.6 Å². The molecule has 10 heteroatoms. The molecular weight excluding hydrogens is 511 g/mol. The van der Waals surface area contributed by atoms with Crippen molar-refractivity contribution in [1.29, 1.82) is 0 Å². The van der Waals surface area contributed by atoms with Crippen LogP contribution in [0.4, 0.5) is 8.78 Å². The lowest BCUT2D eigenvalue weighted by Crippen LogP contribution is -2.68. The Bertz CT molecular complexity index is 777. The van der Waals surface area contributed by atoms with E-state index in [2.05, 4.69) is 20.4 Å². The minimum absolute atomic E-state index is 0. The van der Waals surface area contributed by atoms with Gasteiger partial charge >= 0.3 is 6.61 Å². The quantitative estimate of drug-likeness (QED) is 0.313. The average Bonchev–Trinajstić information content (AvgIpc) is 3.08. The fourth-order valence-corrected chi connectivity index (χ4v) is 4.49. The number of halogens is 3. The van der Waals surface area contributed by atoms with Crippen LogP contribution in [0, 0.1) is 5.41 Å². The molecule has 7 nitrogen and oxygen atoms in total. The number of nitrogens with zero attached hydrogens (tertiary/aromatic N) is 1. The third kappa shape index (κ3) is 4.39. The van der Waals surface area contributed by atoms with E-state index < -0.39 is 6.61 Å². The fourth-order valence-electron chi connectivity index (χ4n) is 4.49. The van der Waals surface area contributed by atoms with Crippen molar-refractivity contribution in [3.05, 3.63) is 17.7 Å². The first-order chi connectivity index (χ1) is 14.1. The molecule has 3 aliphatic rings. The lowest BCUT2D eigenvalue weighted by Gasteiger charge is -2.61. The summed E-state index contributed by atoms with van der Waals surface area (Å²) in [5.41, 5.74) is 0.729. The first-order valence-corrected chi connectivity index (χ1v) is 10.0. The molecule has 2 fully saturated rings. The summed E-state index contributed by atoms with van der Waals surface area (Å²) in [6.45, 7) is 0.151. The molecular formula is C20H28F2IN3O4. The van der Waals surface area contributed by atoms with Crippen molar-refractivity contribution >= 4 is 29.9 Å². The molecule has 2 aliphatic carbocycles. The summed E-state index contributed by atoms with van der Waals surface area (Å²) in [6, 6.07) is 3.39. The molecule has 0 radical (unpaired) electrons. The lowest BCUT2D eigenvalue weighted by molar-refractivity contribution is -0.168. The van der Waals surface area contributed by atoms with Crippen LogP contribution in [-0.2, 0) is 11.3 Å². The van der Waals surface area contributed by atoms with Gasteiger partial charge in [-0.05, 0) is 32.3 Å². The van der Waals surface area contributed by atoms with Gasteiger partial charge in [0, 0.05) is 43.3 Å². The highest BCUT2D eigenvalue weighted by atomic mass is 127. The molecule has 1 spiro atoms. The molecule has 30 heavy (non-hydrogen) atoms. The van der Waals surface area contributed by atoms with Gasteiger partial charge in [0.15, 0.2) is 17.5 Å². The van der Waals surface area contributed by atoms with Crippen molar-refractivity contribution in [3.63, 3.8) is 0 Å². The summed E-state index contributed by atoms with van der Waals surface area (Å²) in [5, 5.41) is 6.68. The van der Waals surface area contributed by atoms with Crippen molar-refractivity contribution in [2.45, 2.75) is 57.9 Å². The van der Waals surface area contributed by atoms with Crippen molar-refractivity contribution in [2.75, 3.05) is 20.4 Å². The summed E-state index contributed by atoms with van der Waals surface area (Å²) in [4.78, 5) is 4.29. The maximum absolute atomic E-state index is 12.8. The van der Waals surface area contributed by atoms with E-state index in [0.29, 0.717) is 35.2 Å². The predicted octanol–water partition coefficient (Wildman–Crippen LogP) is 3.65. The number of aliphatic imine (C=N–C) groups is 1. The van der Waals surface area contributed by atoms with E-state index in [9.17, 15) is 8.78 Å². The lowest BCUT2D eigenvalue weighted by atomic mass is 9.51. The van der Waals surface area contributed by atoms with E-state index in [1.807, 2.05) is 6.92 Å². The van der Waals surface area contributed by atoms with Gasteiger partial charge in [0.25, 0.3) is 0 Å². The minimum atomic E-state index is -2.92. The molecule has 0 aromatic heterocycles. The number of hydrogen-bond donors (Lipinski definition) is 2. The Morgan fingerprint density at radius 2 is 2.03 bits per heavy atom. The molecule has 2 atom stereocenters. The zero-order valence-corrected chi connectivity index (χ0v) is 19.4. The van der Waals surface area contributed by atoms with Crippen LogP contribution in [-0.4, -0.2) is 45.2 Å². The Balaban J connectivity index is 0.00000256. The standard InChI is InChI=1S/C20H27F2N3O4.HI/c1-3-26-17-9-16(20(17)5-4-6-20)25-19(23-2)24-10-12-7-14-15(28-11-27-14)8-13(12)29-18(21)22;/h7-8,16-18H,3-6,9-11H2,1-2H3,(H2,23,24,25);1H. The number of ether oxygens (including phenoxy) is 4. The summed E-state index contributed by atoms with van der Waals surface area (Å²) in [6.07, 6.45) is 4.77. The predicted molar refractivity (Wildman–Crippen MR) is 118 cm³/mol. The van der Waals surface area contributed by atoms with Crippen LogP contribution in [0.3, 0.4) is 0 Å². The molecule has 4 rings (SSSR count). The molecule has 1 aromatic rings. The molecule has 1 aliphatic heterocycles. The maximum Gasteiger partial charge on any atom is 0.387 e. The van der Waals surface area contributed by atoms with Gasteiger partial charge in [-0.15, -0.1) is 24.0 Å². The number of rotatable bonds is 7. The van der Waals surface area contributed by atoms with Crippen molar-refractivity contribution in [1.82, 2.24) is 10.6 Å². The molecule has 2 unspecified atom stereocenters. The second-order valence-corrected chi connectivity index (χ2v) is 7.58. The smallest absolute Gasteiger partial charge is 0.387 e. The number of hydrogen-bond acceptors (Lipinski definition) is 5. The number of alkyl halides is 2. The largest absolute Gasteiger partial charge is 0.454 e. The first-order valence-electron chi connectivity index (χ1n) is 10.0. The first kappa shape index (κ1) is 23.1. The van der Waals surface area contributed by atoms with Crippen molar-refractivity contribution in [3.8, 4) is 17.2 Å². The van der Waals surface area contributed by atoms with Crippen LogP contribution >= 0.6 is 24.0 Å². The monoisotopic (exact) mass is 539 g/mol. The molecule has 168 valence electrons. The number of guanidine groups is 1. The Morgan fingerprint density at radius 1 is 1.30 bits per heavy atom. The van der Waals surface area contributed by atoms with Gasteiger partial charge in [0.2, 0.25) is 6.79 Å². The Labute approximate surface area is 191 Å². The summed E-state index contributed by atoms with van der Waals surface area (Å²) in [7, 11) is 1.69. The topological polar surface area (TPSA) is 73.3 Å². The Kier molecular flexibility index (Phi) is 7.48. The second-order valence-electron chi connectivity index (χ2n) is 7.58. The molecule has 0 bridgehead atoms. The van der Waals surface area contributed by atoms with Crippen LogP contribution in [0.15, 0.2) is 17.1 Å². The second kappa shape index (κ2) is 9.71. The SMILES string of the molecule is CCOC1CC(NC(=NC)NCc2cc3c(cc2OC(F)F)OCO3)C12CCC2.I. The molecule has 2 N–H and O–H groups in total. The number of nitrogens with one attached hydrogen (secondary N) is 2. The third-order valence-corrected chi connectivity index (χ3v) is 6.19. The van der Waals surface area contributed by atoms with E-state index in [0.717, 1.165) is 25.9 Å². The Morgan fingerprint density at radius 3 is 2.63 bits per heavy atom. The van der Waals surface area contributed by atoms with Crippen LogP contribution in [0.25, 0.3) is 0 Å². The van der Waals surface area contributed by atoms with E-state index in [1.165, 1.54) is 12.5 Å². The van der Waals surface area contributed by atoms with Gasteiger partial charge in [-0.1, -0.05) is 6.42 Å². The maximum atomic E-state index is 12.8.